The van der Waals surface area contributed by atoms with E-state index in [1.165, 1.54) is 6.07 Å². The van der Waals surface area contributed by atoms with Crippen molar-refractivity contribution in [2.45, 2.75) is 24.5 Å². The van der Waals surface area contributed by atoms with Gasteiger partial charge in [0.1, 0.15) is 24.1 Å². The summed E-state index contributed by atoms with van der Waals surface area (Å²) in [5, 5.41) is 19.8. The third kappa shape index (κ3) is 6.51. The fourth-order valence-corrected chi connectivity index (χ4v) is 3.64. The quantitative estimate of drug-likeness (QED) is 0.191. The van der Waals surface area contributed by atoms with Gasteiger partial charge in [0.25, 0.3) is 0 Å². The molecule has 0 saturated carbocycles. The van der Waals surface area contributed by atoms with Gasteiger partial charge >= 0.3 is 72.7 Å². The van der Waals surface area contributed by atoms with Crippen molar-refractivity contribution in [3.05, 3.63) is 22.7 Å². The van der Waals surface area contributed by atoms with Crippen LogP contribution >= 0.6 is 15.6 Å². The Balaban J connectivity index is 0.00000338. The van der Waals surface area contributed by atoms with Crippen LogP contribution in [-0.4, -0.2) is 111 Å². The summed E-state index contributed by atoms with van der Waals surface area (Å²) in [6, 6.07) is 1.24. The maximum atomic E-state index is 11.7. The summed E-state index contributed by atoms with van der Waals surface area (Å²) >= 11 is 0. The summed E-state index contributed by atoms with van der Waals surface area (Å²) in [7, 11) is -10.5. The zero-order chi connectivity index (χ0) is 19.0. The first-order valence-electron chi connectivity index (χ1n) is 6.50. The van der Waals surface area contributed by atoms with Gasteiger partial charge in [-0.05, 0) is 6.07 Å². The molecule has 14 nitrogen and oxygen atoms in total. The molecule has 0 spiro atoms. The van der Waals surface area contributed by atoms with Crippen molar-refractivity contribution >= 4 is 72.8 Å². The minimum atomic E-state index is -5.30. The van der Waals surface area contributed by atoms with E-state index in [4.69, 9.17) is 25.2 Å². The van der Waals surface area contributed by atoms with E-state index in [2.05, 4.69) is 13.8 Å². The van der Waals surface area contributed by atoms with E-state index < -0.39 is 52.5 Å². The van der Waals surface area contributed by atoms with Gasteiger partial charge in [-0.25, -0.2) is 13.9 Å². The van der Waals surface area contributed by atoms with Crippen LogP contribution in [0.3, 0.4) is 0 Å². The topological polar surface area (TPSA) is 224 Å². The fourth-order valence-electron chi connectivity index (χ4n) is 2.04. The van der Waals surface area contributed by atoms with E-state index in [0.717, 1.165) is 10.8 Å². The Bertz CT molecular complexity index is 784. The average Bonchev–Trinajstić information content (AvgIpc) is 2.71. The number of hydrogen-bond donors (Lipinski definition) is 6. The molecule has 3 unspecified atom stereocenters. The average molecular weight is 443 g/mol. The molecule has 1 fully saturated rings. The van der Waals surface area contributed by atoms with Crippen LogP contribution in [0.25, 0.3) is 0 Å². The Morgan fingerprint density at radius 3 is 2.42 bits per heavy atom. The van der Waals surface area contributed by atoms with E-state index in [9.17, 15) is 24.1 Å². The van der Waals surface area contributed by atoms with E-state index in [1.807, 2.05) is 0 Å². The van der Waals surface area contributed by atoms with Gasteiger partial charge in [-0.1, -0.05) is 0 Å². The molecule has 0 radical (unpaired) electrons. The monoisotopic (exact) mass is 443 g/mol. The van der Waals surface area contributed by atoms with Crippen molar-refractivity contribution in [3.63, 3.8) is 0 Å². The summed E-state index contributed by atoms with van der Waals surface area (Å²) in [5.74, 6) is -0.0787. The number of anilines is 1. The summed E-state index contributed by atoms with van der Waals surface area (Å²) in [6.07, 6.45) is -4.93. The molecular weight excluding hydrogens is 427 g/mol. The van der Waals surface area contributed by atoms with Crippen molar-refractivity contribution in [3.8, 4) is 0 Å². The van der Waals surface area contributed by atoms with Gasteiger partial charge < -0.3 is 35.4 Å². The zero-order valence-electron chi connectivity index (χ0n) is 12.2. The summed E-state index contributed by atoms with van der Waals surface area (Å²) in [4.78, 5) is 41.3. The first-order valence-corrected chi connectivity index (χ1v) is 9.53. The number of aromatic nitrogens is 2. The predicted molar refractivity (Wildman–Crippen MR) is 84.9 cm³/mol. The molecule has 0 aromatic carbocycles. The van der Waals surface area contributed by atoms with Gasteiger partial charge in [-0.15, -0.1) is 0 Å². The van der Waals surface area contributed by atoms with Crippen molar-refractivity contribution in [1.82, 2.24) is 9.55 Å². The first-order chi connectivity index (χ1) is 11.4. The van der Waals surface area contributed by atoms with Gasteiger partial charge in [0.2, 0.25) is 0 Å². The van der Waals surface area contributed by atoms with Crippen molar-refractivity contribution in [2.75, 3.05) is 12.3 Å². The summed E-state index contributed by atoms with van der Waals surface area (Å²) < 4.78 is 35.8. The van der Waals surface area contributed by atoms with Crippen LogP contribution in [0.2, 0.25) is 0 Å². The molecule has 144 valence electrons. The maximum absolute atomic E-state index is 11.7. The summed E-state index contributed by atoms with van der Waals surface area (Å²) in [6.45, 7) is -0.875. The van der Waals surface area contributed by atoms with E-state index in [0.29, 0.717) is 0 Å². The second-order valence-corrected chi connectivity index (χ2v) is 7.75. The Morgan fingerprint density at radius 1 is 1.27 bits per heavy atom. The molecule has 0 amide bonds. The number of rotatable bonds is 6. The molecule has 0 aliphatic carbocycles. The fraction of sp³-hybridized carbons (Fsp3) is 0.556. The number of hydrogen-bond acceptors (Lipinski definition) is 10. The Kier molecular flexibility index (Phi) is 8.76. The van der Waals surface area contributed by atoms with Crippen molar-refractivity contribution in [2.24, 2.45) is 0 Å². The van der Waals surface area contributed by atoms with Gasteiger partial charge in [0, 0.05) is 6.20 Å². The number of nitrogens with zero attached hydrogens (tertiary/aromatic N) is 2. The van der Waals surface area contributed by atoms with Crippen LogP contribution in [0.1, 0.15) is 6.23 Å². The van der Waals surface area contributed by atoms with Gasteiger partial charge in [0.15, 0.2) is 6.23 Å². The molecule has 17 heteroatoms. The van der Waals surface area contributed by atoms with E-state index >= 15 is 0 Å². The molecule has 1 aliphatic rings. The number of nitrogens with two attached hydrogens (primary N) is 1. The van der Waals surface area contributed by atoms with Crippen LogP contribution < -0.4 is 11.4 Å². The third-order valence-corrected chi connectivity index (χ3v) is 5.23. The standard InChI is InChI=1S/C9H15N3O11P2.K.H/c10-5-1-2-12(9(15)11-5)8-7(14)6(13)4(22-8)3-21-25(19,20)23-24(16,17)18;;/h1-2,4,6-8,13-14H,3H2,(H,19,20)(H2,10,11,15)(H2,16,17,18);;/t4-,6?,7?,8-;;/m1../s1. The predicted octanol–water partition coefficient (Wildman–Crippen LogP) is -2.98. The Hall–Kier alpha value is 0.456. The van der Waals surface area contributed by atoms with Gasteiger partial charge in [-0.3, -0.25) is 9.09 Å². The number of phosphoric acid groups is 2. The second-order valence-electron chi connectivity index (χ2n) is 4.93. The molecule has 1 saturated heterocycles. The van der Waals surface area contributed by atoms with E-state index in [1.54, 1.807) is 0 Å². The van der Waals surface area contributed by atoms with Crippen molar-refractivity contribution < 1.29 is 47.6 Å². The van der Waals surface area contributed by atoms with Crippen LogP contribution in [0.15, 0.2) is 17.1 Å². The first kappa shape index (κ1) is 24.5. The van der Waals surface area contributed by atoms with E-state index in [-0.39, 0.29) is 57.2 Å². The third-order valence-electron chi connectivity index (χ3n) is 3.07. The van der Waals surface area contributed by atoms with Crippen LogP contribution in [0, 0.1) is 0 Å². The molecule has 7 N–H and O–H groups in total. The summed E-state index contributed by atoms with van der Waals surface area (Å²) in [5.41, 5.74) is 4.45. The SMILES string of the molecule is Nc1ccn([C@@H]2O[C@H](COP(=O)(O)OP(=O)(O)O)C(O)C2O)c(=O)n1.[KH]. The zero-order valence-corrected chi connectivity index (χ0v) is 14.0. The van der Waals surface area contributed by atoms with Gasteiger partial charge in [0.05, 0.1) is 6.61 Å². The Labute approximate surface area is 188 Å². The number of nitrogen functional groups attached to an aromatic ring is 1. The van der Waals surface area contributed by atoms with Crippen LogP contribution in [-0.2, 0) is 22.7 Å². The molecule has 1 aromatic rings. The number of ether oxygens (including phenoxy) is 1. The molecule has 26 heavy (non-hydrogen) atoms. The van der Waals surface area contributed by atoms with Crippen molar-refractivity contribution in [1.29, 1.82) is 0 Å². The molecular formula is C9H16KN3O11P2. The van der Waals surface area contributed by atoms with Gasteiger partial charge in [-0.2, -0.15) is 9.29 Å². The number of aliphatic hydroxyl groups excluding tert-OH is 2. The second kappa shape index (κ2) is 9.30. The molecule has 2 heterocycles. The van der Waals surface area contributed by atoms with Crippen LogP contribution in [0.4, 0.5) is 5.82 Å². The minimum absolute atomic E-state index is 0. The molecule has 1 aromatic heterocycles. The molecule has 5 atom stereocenters. The Morgan fingerprint density at radius 2 is 1.88 bits per heavy atom. The molecule has 1 aliphatic heterocycles. The normalized spacial score (nSPS) is 28.3. The molecule has 2 rings (SSSR count). The number of phosphoric ester groups is 1. The van der Waals surface area contributed by atoms with Crippen LogP contribution in [0.5, 0.6) is 0 Å². The number of aliphatic hydroxyl groups is 2. The molecule has 0 bridgehead atoms.